The molecule has 0 spiro atoms. The molecule has 3 heterocycles. The van der Waals surface area contributed by atoms with Crippen molar-refractivity contribution >= 4 is 34.5 Å². The van der Waals surface area contributed by atoms with Crippen LogP contribution in [0.25, 0.3) is 10.7 Å². The molecule has 0 bridgehead atoms. The van der Waals surface area contributed by atoms with Crippen LogP contribution < -0.4 is 14.8 Å². The molecule has 1 aromatic carbocycles. The van der Waals surface area contributed by atoms with Crippen LogP contribution in [0.3, 0.4) is 0 Å². The van der Waals surface area contributed by atoms with Crippen LogP contribution in [0.15, 0.2) is 53.2 Å². The number of methoxy groups -OCH3 is 2. The summed E-state index contributed by atoms with van der Waals surface area (Å²) in [7, 11) is 3.15. The average Bonchev–Trinajstić information content (AvgIpc) is 3.53. The first-order chi connectivity index (χ1) is 14.7. The summed E-state index contributed by atoms with van der Waals surface area (Å²) in [5.41, 5.74) is 0.801. The Bertz CT molecular complexity index is 1120. The monoisotopic (exact) mass is 440 g/mol. The molecular weight excluding hydrogens is 420 g/mol. The maximum Gasteiger partial charge on any atom is 0.254 e. The van der Waals surface area contributed by atoms with E-state index in [0.29, 0.717) is 29.8 Å². The van der Waals surface area contributed by atoms with E-state index in [-0.39, 0.29) is 12.3 Å². The number of ether oxygens (including phenoxy) is 2. The van der Waals surface area contributed by atoms with Crippen LogP contribution in [0, 0.1) is 0 Å². The Hall–Kier alpha value is -3.17. The number of carbonyl (C=O) groups is 1. The molecule has 0 amide bonds. The zero-order chi connectivity index (χ0) is 20.9. The van der Waals surface area contributed by atoms with Crippen molar-refractivity contribution in [2.45, 2.75) is 13.0 Å². The lowest BCUT2D eigenvalue weighted by atomic mass is 10.1. The Morgan fingerprint density at radius 2 is 1.87 bits per heavy atom. The van der Waals surface area contributed by atoms with Crippen LogP contribution in [0.2, 0.25) is 0 Å². The minimum Gasteiger partial charge on any atom is -0.493 e. The van der Waals surface area contributed by atoms with E-state index in [4.69, 9.17) is 9.47 Å². The zero-order valence-electron chi connectivity index (χ0n) is 16.5. The maximum atomic E-state index is 13.1. The fourth-order valence-corrected chi connectivity index (χ4v) is 4.23. The molecule has 9 heteroatoms. The predicted molar refractivity (Wildman–Crippen MR) is 119 cm³/mol. The Kier molecular flexibility index (Phi) is 6.10. The molecule has 4 aromatic rings. The highest BCUT2D eigenvalue weighted by molar-refractivity contribution is 7.13. The number of benzene rings is 1. The molecule has 0 aliphatic carbocycles. The van der Waals surface area contributed by atoms with Crippen LogP contribution in [0.1, 0.15) is 15.2 Å². The van der Waals surface area contributed by atoms with Crippen molar-refractivity contribution in [3.8, 4) is 22.2 Å². The number of thiophene rings is 2. The number of aromatic nitrogens is 3. The normalized spacial score (nSPS) is 10.7. The van der Waals surface area contributed by atoms with E-state index >= 15 is 0 Å². The summed E-state index contributed by atoms with van der Waals surface area (Å²) < 4.78 is 12.0. The van der Waals surface area contributed by atoms with E-state index in [0.717, 1.165) is 15.3 Å². The van der Waals surface area contributed by atoms with Gasteiger partial charge >= 0.3 is 0 Å². The Balaban J connectivity index is 1.60. The summed E-state index contributed by atoms with van der Waals surface area (Å²) >= 11 is 3.18. The van der Waals surface area contributed by atoms with E-state index in [2.05, 4.69) is 15.4 Å². The molecule has 7 nitrogen and oxygen atoms in total. The van der Waals surface area contributed by atoms with Crippen molar-refractivity contribution in [3.05, 3.63) is 63.7 Å². The molecule has 3 aromatic heterocycles. The van der Waals surface area contributed by atoms with Crippen molar-refractivity contribution in [2.75, 3.05) is 19.5 Å². The summed E-state index contributed by atoms with van der Waals surface area (Å²) in [5.74, 6) is 1.97. The second kappa shape index (κ2) is 9.10. The van der Waals surface area contributed by atoms with Crippen LogP contribution in [0.5, 0.6) is 11.5 Å². The molecule has 4 rings (SSSR count). The molecule has 0 aliphatic rings. The highest BCUT2D eigenvalue weighted by Gasteiger charge is 2.19. The number of carbonyl (C=O) groups excluding carboxylic acids is 1. The molecule has 0 fully saturated rings. The van der Waals surface area contributed by atoms with E-state index in [1.165, 1.54) is 16.0 Å². The lowest BCUT2D eigenvalue weighted by molar-refractivity contribution is 0.0901. The fraction of sp³-hybridized carbons (Fsp3) is 0.190. The van der Waals surface area contributed by atoms with E-state index in [1.807, 2.05) is 41.1 Å². The van der Waals surface area contributed by atoms with Gasteiger partial charge in [-0.1, -0.05) is 18.2 Å². The standard InChI is InChI=1S/C21H20N4O3S2/c1-27-16-8-7-14(11-17(16)28-2)12-19(26)25-21(22-13-15-5-3-9-29-15)23-20(24-25)18-6-4-10-30-18/h3-11H,12-13H2,1-2H3,(H,22,23,24). The quantitative estimate of drug-likeness (QED) is 0.432. The van der Waals surface area contributed by atoms with Gasteiger partial charge in [-0.05, 0) is 40.6 Å². The fourth-order valence-electron chi connectivity index (χ4n) is 2.93. The van der Waals surface area contributed by atoms with Gasteiger partial charge in [-0.15, -0.1) is 27.8 Å². The van der Waals surface area contributed by atoms with Gasteiger partial charge in [-0.25, -0.2) is 0 Å². The molecule has 0 atom stereocenters. The lowest BCUT2D eigenvalue weighted by Gasteiger charge is -2.10. The molecule has 0 aliphatic heterocycles. The van der Waals surface area contributed by atoms with Gasteiger partial charge in [-0.3, -0.25) is 4.79 Å². The van der Waals surface area contributed by atoms with Crippen LogP contribution in [-0.4, -0.2) is 34.9 Å². The summed E-state index contributed by atoms with van der Waals surface area (Å²) in [6, 6.07) is 13.3. The number of rotatable bonds is 8. The number of anilines is 1. The predicted octanol–water partition coefficient (Wildman–Crippen LogP) is 4.58. The van der Waals surface area contributed by atoms with E-state index in [9.17, 15) is 4.79 Å². The first-order valence-corrected chi connectivity index (χ1v) is 10.9. The smallest absolute Gasteiger partial charge is 0.254 e. The van der Waals surface area contributed by atoms with Gasteiger partial charge in [0, 0.05) is 4.88 Å². The van der Waals surface area contributed by atoms with Gasteiger partial charge in [-0.2, -0.15) is 9.67 Å². The molecule has 1 N–H and O–H groups in total. The number of hydrogen-bond acceptors (Lipinski definition) is 8. The van der Waals surface area contributed by atoms with Gasteiger partial charge in [0.15, 0.2) is 17.3 Å². The number of nitrogens with zero attached hydrogens (tertiary/aromatic N) is 3. The molecule has 0 saturated heterocycles. The zero-order valence-corrected chi connectivity index (χ0v) is 18.1. The number of hydrogen-bond donors (Lipinski definition) is 1. The van der Waals surface area contributed by atoms with Crippen LogP contribution in [0.4, 0.5) is 5.95 Å². The van der Waals surface area contributed by atoms with Crippen LogP contribution >= 0.6 is 22.7 Å². The molecular formula is C21H20N4O3S2. The highest BCUT2D eigenvalue weighted by atomic mass is 32.1. The van der Waals surface area contributed by atoms with Crippen molar-refractivity contribution in [3.63, 3.8) is 0 Å². The number of nitrogens with one attached hydrogen (secondary N) is 1. The molecule has 0 saturated carbocycles. The van der Waals surface area contributed by atoms with Crippen molar-refractivity contribution in [1.82, 2.24) is 14.8 Å². The van der Waals surface area contributed by atoms with Gasteiger partial charge < -0.3 is 14.8 Å². The van der Waals surface area contributed by atoms with Gasteiger partial charge in [0.05, 0.1) is 32.1 Å². The van der Waals surface area contributed by atoms with Crippen molar-refractivity contribution in [1.29, 1.82) is 0 Å². The highest BCUT2D eigenvalue weighted by Crippen LogP contribution is 2.28. The Morgan fingerprint density at radius 3 is 2.57 bits per heavy atom. The van der Waals surface area contributed by atoms with Crippen molar-refractivity contribution in [2.24, 2.45) is 0 Å². The molecule has 0 unspecified atom stereocenters. The van der Waals surface area contributed by atoms with E-state index < -0.39 is 0 Å². The summed E-state index contributed by atoms with van der Waals surface area (Å²) in [4.78, 5) is 19.7. The largest absolute Gasteiger partial charge is 0.493 e. The third-order valence-electron chi connectivity index (χ3n) is 4.39. The van der Waals surface area contributed by atoms with Gasteiger partial charge in [0.1, 0.15) is 0 Å². The third-order valence-corrected chi connectivity index (χ3v) is 6.13. The minimum absolute atomic E-state index is 0.154. The SMILES string of the molecule is COc1ccc(CC(=O)n2nc(-c3cccs3)nc2NCc2cccs2)cc1OC. The molecule has 154 valence electrons. The topological polar surface area (TPSA) is 78.3 Å². The lowest BCUT2D eigenvalue weighted by Crippen LogP contribution is -2.18. The second-order valence-corrected chi connectivity index (χ2v) is 8.32. The molecule has 30 heavy (non-hydrogen) atoms. The summed E-state index contributed by atoms with van der Waals surface area (Å²) in [6.07, 6.45) is 0.154. The molecule has 0 radical (unpaired) electrons. The summed E-state index contributed by atoms with van der Waals surface area (Å²) in [5, 5.41) is 11.7. The average molecular weight is 441 g/mol. The first-order valence-electron chi connectivity index (χ1n) is 9.19. The Morgan fingerprint density at radius 1 is 1.07 bits per heavy atom. The third kappa shape index (κ3) is 4.37. The second-order valence-electron chi connectivity index (χ2n) is 6.34. The van der Waals surface area contributed by atoms with Gasteiger partial charge in [0.2, 0.25) is 5.95 Å². The van der Waals surface area contributed by atoms with Gasteiger partial charge in [0.25, 0.3) is 5.91 Å². The van der Waals surface area contributed by atoms with E-state index in [1.54, 1.807) is 37.7 Å². The Labute approximate surface area is 181 Å². The summed E-state index contributed by atoms with van der Waals surface area (Å²) in [6.45, 7) is 0.573. The van der Waals surface area contributed by atoms with Crippen LogP contribution in [-0.2, 0) is 13.0 Å². The first kappa shape index (κ1) is 20.1. The minimum atomic E-state index is -0.189. The maximum absolute atomic E-state index is 13.1. The van der Waals surface area contributed by atoms with Crippen molar-refractivity contribution < 1.29 is 14.3 Å².